The molecule has 2 aromatic carbocycles. The van der Waals surface area contributed by atoms with Gasteiger partial charge in [0.1, 0.15) is 5.01 Å². The SMILES string of the molecule is CCC(C)N(CCC(=O)Nc1nnc(-c2ccc(Br)cc2)s1)C(=O)c1ccc(C)cc1. The number of anilines is 1. The monoisotopic (exact) mass is 500 g/mol. The van der Waals surface area contributed by atoms with Crippen LogP contribution in [0, 0.1) is 6.92 Å². The number of aromatic nitrogens is 2. The second kappa shape index (κ2) is 10.6. The molecule has 8 heteroatoms. The van der Waals surface area contributed by atoms with Gasteiger partial charge in [0, 0.05) is 34.6 Å². The smallest absolute Gasteiger partial charge is 0.254 e. The van der Waals surface area contributed by atoms with Gasteiger partial charge in [-0.15, -0.1) is 10.2 Å². The fraction of sp³-hybridized carbons (Fsp3) is 0.304. The molecular formula is C23H25BrN4O2S. The van der Waals surface area contributed by atoms with E-state index in [2.05, 4.69) is 31.4 Å². The normalized spacial score (nSPS) is 11.7. The molecule has 0 spiro atoms. The fourth-order valence-electron chi connectivity index (χ4n) is 2.99. The lowest BCUT2D eigenvalue weighted by molar-refractivity contribution is -0.116. The van der Waals surface area contributed by atoms with Crippen LogP contribution in [0.25, 0.3) is 10.6 Å². The highest BCUT2D eigenvalue weighted by molar-refractivity contribution is 9.10. The largest absolute Gasteiger partial charge is 0.335 e. The van der Waals surface area contributed by atoms with E-state index >= 15 is 0 Å². The van der Waals surface area contributed by atoms with Crippen molar-refractivity contribution in [2.45, 2.75) is 39.7 Å². The Morgan fingerprint density at radius 3 is 2.42 bits per heavy atom. The van der Waals surface area contributed by atoms with Gasteiger partial charge in [0.2, 0.25) is 11.0 Å². The molecule has 1 unspecified atom stereocenters. The number of carbonyl (C=O) groups is 2. The number of halogens is 1. The summed E-state index contributed by atoms with van der Waals surface area (Å²) in [6.07, 6.45) is 1.00. The molecule has 0 aliphatic rings. The highest BCUT2D eigenvalue weighted by Gasteiger charge is 2.21. The van der Waals surface area contributed by atoms with Gasteiger partial charge in [-0.2, -0.15) is 0 Å². The summed E-state index contributed by atoms with van der Waals surface area (Å²) in [5, 5.41) is 12.2. The molecule has 1 N–H and O–H groups in total. The summed E-state index contributed by atoms with van der Waals surface area (Å²) in [5.74, 6) is -0.251. The molecule has 6 nitrogen and oxygen atoms in total. The van der Waals surface area contributed by atoms with Crippen LogP contribution < -0.4 is 5.32 Å². The summed E-state index contributed by atoms with van der Waals surface area (Å²) in [7, 11) is 0. The van der Waals surface area contributed by atoms with Crippen LogP contribution in [-0.4, -0.2) is 39.5 Å². The maximum atomic E-state index is 13.0. The van der Waals surface area contributed by atoms with Crippen LogP contribution in [0.5, 0.6) is 0 Å². The number of nitrogens with one attached hydrogen (secondary N) is 1. The van der Waals surface area contributed by atoms with E-state index in [1.165, 1.54) is 11.3 Å². The van der Waals surface area contributed by atoms with Crippen molar-refractivity contribution >= 4 is 44.2 Å². The zero-order valence-corrected chi connectivity index (χ0v) is 20.2. The lowest BCUT2D eigenvalue weighted by Crippen LogP contribution is -2.40. The van der Waals surface area contributed by atoms with Gasteiger partial charge in [0.25, 0.3) is 5.91 Å². The number of hydrogen-bond donors (Lipinski definition) is 1. The predicted octanol–water partition coefficient (Wildman–Crippen LogP) is 5.55. The number of hydrogen-bond acceptors (Lipinski definition) is 5. The van der Waals surface area contributed by atoms with Crippen molar-refractivity contribution in [3.8, 4) is 10.6 Å². The quantitative estimate of drug-likeness (QED) is 0.440. The Balaban J connectivity index is 1.61. The fourth-order valence-corrected chi connectivity index (χ4v) is 4.02. The molecule has 1 heterocycles. The zero-order valence-electron chi connectivity index (χ0n) is 17.8. The number of nitrogens with zero attached hydrogens (tertiary/aromatic N) is 3. The minimum Gasteiger partial charge on any atom is -0.335 e. The summed E-state index contributed by atoms with van der Waals surface area (Å²) in [4.78, 5) is 27.2. The Morgan fingerprint density at radius 2 is 1.77 bits per heavy atom. The molecule has 2 amide bonds. The third-order valence-electron chi connectivity index (χ3n) is 5.02. The van der Waals surface area contributed by atoms with Crippen molar-refractivity contribution in [3.05, 3.63) is 64.1 Å². The minimum absolute atomic E-state index is 0.0344. The predicted molar refractivity (Wildman–Crippen MR) is 128 cm³/mol. The molecular weight excluding hydrogens is 476 g/mol. The van der Waals surface area contributed by atoms with Crippen molar-refractivity contribution < 1.29 is 9.59 Å². The second-order valence-corrected chi connectivity index (χ2v) is 9.23. The Hall–Kier alpha value is -2.58. The molecule has 3 aromatic rings. The summed E-state index contributed by atoms with van der Waals surface area (Å²) < 4.78 is 0.986. The van der Waals surface area contributed by atoms with E-state index in [-0.39, 0.29) is 24.3 Å². The molecule has 0 saturated carbocycles. The second-order valence-electron chi connectivity index (χ2n) is 7.34. The molecule has 0 radical (unpaired) electrons. The molecule has 0 aliphatic carbocycles. The van der Waals surface area contributed by atoms with E-state index in [1.807, 2.05) is 69.3 Å². The van der Waals surface area contributed by atoms with Gasteiger partial charge < -0.3 is 10.2 Å². The van der Waals surface area contributed by atoms with Crippen LogP contribution >= 0.6 is 27.3 Å². The standard InChI is InChI=1S/C23H25BrN4O2S/c1-4-16(3)28(22(30)18-7-5-15(2)6-8-18)14-13-20(29)25-23-27-26-21(31-23)17-9-11-19(24)12-10-17/h5-12,16H,4,13-14H2,1-3H3,(H,25,27,29). The van der Waals surface area contributed by atoms with E-state index in [0.29, 0.717) is 17.2 Å². The van der Waals surface area contributed by atoms with Crippen LogP contribution in [0.3, 0.4) is 0 Å². The van der Waals surface area contributed by atoms with Gasteiger partial charge in [0.05, 0.1) is 0 Å². The summed E-state index contributed by atoms with van der Waals surface area (Å²) in [5.41, 5.74) is 2.67. The molecule has 31 heavy (non-hydrogen) atoms. The van der Waals surface area contributed by atoms with Gasteiger partial charge in [-0.1, -0.05) is 64.0 Å². The third kappa shape index (κ3) is 6.21. The van der Waals surface area contributed by atoms with E-state index in [4.69, 9.17) is 0 Å². The van der Waals surface area contributed by atoms with E-state index in [9.17, 15) is 9.59 Å². The molecule has 3 rings (SSSR count). The number of aryl methyl sites for hydroxylation is 1. The summed E-state index contributed by atoms with van der Waals surface area (Å²) in [6, 6.07) is 15.3. The lowest BCUT2D eigenvalue weighted by Gasteiger charge is -2.28. The number of amides is 2. The molecule has 0 saturated heterocycles. The first kappa shape index (κ1) is 23.1. The van der Waals surface area contributed by atoms with E-state index in [1.54, 1.807) is 4.90 Å². The first-order chi connectivity index (χ1) is 14.9. The van der Waals surface area contributed by atoms with Crippen LogP contribution in [0.1, 0.15) is 42.6 Å². The third-order valence-corrected chi connectivity index (χ3v) is 6.44. The van der Waals surface area contributed by atoms with E-state index < -0.39 is 0 Å². The number of rotatable bonds is 8. The highest BCUT2D eigenvalue weighted by Crippen LogP contribution is 2.27. The Bertz CT molecular complexity index is 1030. The molecule has 1 atom stereocenters. The Labute approximate surface area is 194 Å². The average Bonchev–Trinajstić information content (AvgIpc) is 3.22. The summed E-state index contributed by atoms with van der Waals surface area (Å²) >= 11 is 4.73. The van der Waals surface area contributed by atoms with Crippen LogP contribution in [0.4, 0.5) is 5.13 Å². The Morgan fingerprint density at radius 1 is 1.10 bits per heavy atom. The molecule has 0 bridgehead atoms. The van der Waals surface area contributed by atoms with Crippen molar-refractivity contribution in [2.24, 2.45) is 0 Å². The van der Waals surface area contributed by atoms with Crippen molar-refractivity contribution in [1.82, 2.24) is 15.1 Å². The first-order valence-electron chi connectivity index (χ1n) is 10.1. The van der Waals surface area contributed by atoms with Crippen molar-refractivity contribution in [2.75, 3.05) is 11.9 Å². The highest BCUT2D eigenvalue weighted by atomic mass is 79.9. The number of carbonyl (C=O) groups excluding carboxylic acids is 2. The van der Waals surface area contributed by atoms with E-state index in [0.717, 1.165) is 27.0 Å². The topological polar surface area (TPSA) is 75.2 Å². The van der Waals surface area contributed by atoms with Crippen molar-refractivity contribution in [3.63, 3.8) is 0 Å². The first-order valence-corrected chi connectivity index (χ1v) is 11.7. The van der Waals surface area contributed by atoms with Gasteiger partial charge in [-0.05, 0) is 44.5 Å². The van der Waals surface area contributed by atoms with Crippen LogP contribution in [0.2, 0.25) is 0 Å². The zero-order chi connectivity index (χ0) is 22.4. The maximum absolute atomic E-state index is 13.0. The Kier molecular flexibility index (Phi) is 7.92. The lowest BCUT2D eigenvalue weighted by atomic mass is 10.1. The summed E-state index contributed by atoms with van der Waals surface area (Å²) in [6.45, 7) is 6.36. The average molecular weight is 501 g/mol. The minimum atomic E-state index is -0.191. The van der Waals surface area contributed by atoms with Gasteiger partial charge >= 0.3 is 0 Å². The molecule has 0 fully saturated rings. The van der Waals surface area contributed by atoms with Gasteiger partial charge in [-0.3, -0.25) is 9.59 Å². The molecule has 162 valence electrons. The molecule has 1 aromatic heterocycles. The van der Waals surface area contributed by atoms with Gasteiger partial charge in [0.15, 0.2) is 0 Å². The number of benzene rings is 2. The van der Waals surface area contributed by atoms with Crippen LogP contribution in [0.15, 0.2) is 53.0 Å². The van der Waals surface area contributed by atoms with Crippen molar-refractivity contribution in [1.29, 1.82) is 0 Å². The molecule has 0 aliphatic heterocycles. The maximum Gasteiger partial charge on any atom is 0.254 e. The van der Waals surface area contributed by atoms with Crippen LogP contribution in [-0.2, 0) is 4.79 Å². The van der Waals surface area contributed by atoms with Gasteiger partial charge in [-0.25, -0.2) is 0 Å².